The van der Waals surface area contributed by atoms with E-state index in [9.17, 15) is 4.79 Å². The van der Waals surface area contributed by atoms with Crippen LogP contribution in [0.5, 0.6) is 0 Å². The molecule has 2 heteroatoms. The zero-order valence-electron chi connectivity index (χ0n) is 11.1. The second-order valence-corrected chi connectivity index (χ2v) is 6.64. The number of anilines is 1. The molecular formula is C17H17NO. The Bertz CT molecular complexity index is 669. The van der Waals surface area contributed by atoms with E-state index in [0.29, 0.717) is 5.41 Å². The van der Waals surface area contributed by atoms with Gasteiger partial charge < -0.3 is 5.32 Å². The van der Waals surface area contributed by atoms with E-state index in [1.807, 2.05) is 18.2 Å². The van der Waals surface area contributed by atoms with Gasteiger partial charge in [-0.15, -0.1) is 0 Å². The highest BCUT2D eigenvalue weighted by Gasteiger charge is 2.68. The van der Waals surface area contributed by atoms with Crippen LogP contribution in [-0.4, -0.2) is 5.91 Å². The smallest absolute Gasteiger partial charge is 0.230 e. The molecule has 2 nitrogen and oxygen atoms in total. The molecule has 0 radical (unpaired) electrons. The Kier molecular flexibility index (Phi) is 1.96. The van der Waals surface area contributed by atoms with Gasteiger partial charge in [-0.3, -0.25) is 4.79 Å². The summed E-state index contributed by atoms with van der Waals surface area (Å²) in [5.74, 6) is 0.214. The molecule has 19 heavy (non-hydrogen) atoms. The van der Waals surface area contributed by atoms with Gasteiger partial charge in [0.05, 0.1) is 5.41 Å². The molecule has 0 heterocycles. The van der Waals surface area contributed by atoms with Crippen LogP contribution in [0.2, 0.25) is 0 Å². The molecule has 3 fully saturated rings. The summed E-state index contributed by atoms with van der Waals surface area (Å²) in [6, 6.07) is 14.3. The van der Waals surface area contributed by atoms with Crippen LogP contribution in [0.1, 0.15) is 26.2 Å². The molecule has 1 amide bonds. The van der Waals surface area contributed by atoms with Gasteiger partial charge in [-0.1, -0.05) is 37.3 Å². The van der Waals surface area contributed by atoms with Crippen LogP contribution >= 0.6 is 0 Å². The number of hydrogen-bond acceptors (Lipinski definition) is 1. The molecule has 3 aliphatic carbocycles. The second-order valence-electron chi connectivity index (χ2n) is 6.64. The first-order chi connectivity index (χ1) is 9.09. The number of carbonyl (C=O) groups is 1. The van der Waals surface area contributed by atoms with Crippen molar-refractivity contribution in [2.75, 3.05) is 5.32 Å². The molecule has 0 aromatic heterocycles. The van der Waals surface area contributed by atoms with Gasteiger partial charge in [-0.25, -0.2) is 0 Å². The van der Waals surface area contributed by atoms with E-state index in [4.69, 9.17) is 0 Å². The molecule has 0 atom stereocenters. The van der Waals surface area contributed by atoms with Gasteiger partial charge in [0.15, 0.2) is 0 Å². The van der Waals surface area contributed by atoms with Gasteiger partial charge in [0.25, 0.3) is 0 Å². The van der Waals surface area contributed by atoms with E-state index in [2.05, 4.69) is 36.5 Å². The number of benzene rings is 2. The van der Waals surface area contributed by atoms with Gasteiger partial charge in [0.2, 0.25) is 5.91 Å². The standard InChI is InChI=1S/C17H17NO/c1-16-9-17(10-16,11-16)15(19)18-14-7-6-12-4-2-3-5-13(12)8-14/h2-8H,9-11H2,1H3,(H,18,19). The zero-order chi connectivity index (χ0) is 13.1. The average molecular weight is 251 g/mol. The Morgan fingerprint density at radius 1 is 1.05 bits per heavy atom. The molecule has 0 unspecified atom stereocenters. The van der Waals surface area contributed by atoms with Crippen LogP contribution in [0.15, 0.2) is 42.5 Å². The van der Waals surface area contributed by atoms with E-state index in [1.165, 1.54) is 10.8 Å². The number of carbonyl (C=O) groups excluding carboxylic acids is 1. The zero-order valence-corrected chi connectivity index (χ0v) is 11.1. The topological polar surface area (TPSA) is 29.1 Å². The molecule has 2 bridgehead atoms. The van der Waals surface area contributed by atoms with Gasteiger partial charge in [-0.2, -0.15) is 0 Å². The Hall–Kier alpha value is -1.83. The largest absolute Gasteiger partial charge is 0.326 e. The molecule has 3 saturated carbocycles. The number of nitrogens with one attached hydrogen (secondary N) is 1. The fourth-order valence-electron chi connectivity index (χ4n) is 4.07. The van der Waals surface area contributed by atoms with Crippen LogP contribution in [0.3, 0.4) is 0 Å². The molecule has 96 valence electrons. The van der Waals surface area contributed by atoms with Crippen molar-refractivity contribution in [3.63, 3.8) is 0 Å². The molecule has 0 aliphatic heterocycles. The fourth-order valence-corrected chi connectivity index (χ4v) is 4.07. The van der Waals surface area contributed by atoms with Gasteiger partial charge >= 0.3 is 0 Å². The van der Waals surface area contributed by atoms with Crippen molar-refractivity contribution < 1.29 is 4.79 Å². The summed E-state index contributed by atoms with van der Waals surface area (Å²) in [4.78, 5) is 12.3. The minimum absolute atomic E-state index is 0.0413. The number of amides is 1. The summed E-state index contributed by atoms with van der Waals surface area (Å²) in [7, 11) is 0. The van der Waals surface area contributed by atoms with Gasteiger partial charge in [-0.05, 0) is 47.6 Å². The Morgan fingerprint density at radius 3 is 2.42 bits per heavy atom. The highest BCUT2D eigenvalue weighted by Crippen LogP contribution is 2.73. The minimum atomic E-state index is -0.0413. The maximum Gasteiger partial charge on any atom is 0.230 e. The monoisotopic (exact) mass is 251 g/mol. The maximum absolute atomic E-state index is 12.3. The van der Waals surface area contributed by atoms with E-state index >= 15 is 0 Å². The lowest BCUT2D eigenvalue weighted by Gasteiger charge is -2.68. The SMILES string of the molecule is CC12CC(C(=O)Nc3ccc4ccccc4c3)(C1)C2. The lowest BCUT2D eigenvalue weighted by molar-refractivity contribution is -0.194. The summed E-state index contributed by atoms with van der Waals surface area (Å²) >= 11 is 0. The predicted molar refractivity (Wildman–Crippen MR) is 77.0 cm³/mol. The molecule has 0 spiro atoms. The van der Waals surface area contributed by atoms with E-state index in [1.54, 1.807) is 0 Å². The summed E-state index contributed by atoms with van der Waals surface area (Å²) in [5.41, 5.74) is 1.35. The summed E-state index contributed by atoms with van der Waals surface area (Å²) in [5, 5.41) is 5.47. The third-order valence-electron chi connectivity index (χ3n) is 4.78. The molecule has 2 aromatic rings. The number of rotatable bonds is 2. The first kappa shape index (κ1) is 11.0. The third kappa shape index (κ3) is 1.52. The van der Waals surface area contributed by atoms with E-state index < -0.39 is 0 Å². The van der Waals surface area contributed by atoms with Crippen LogP contribution in [0, 0.1) is 10.8 Å². The second kappa shape index (κ2) is 3.38. The predicted octanol–water partition coefficient (Wildman–Crippen LogP) is 3.97. The highest BCUT2D eigenvalue weighted by atomic mass is 16.2. The first-order valence-corrected chi connectivity index (χ1v) is 6.89. The Labute approximate surface area is 112 Å². The quantitative estimate of drug-likeness (QED) is 0.859. The summed E-state index contributed by atoms with van der Waals surface area (Å²) in [6.45, 7) is 2.28. The third-order valence-corrected chi connectivity index (χ3v) is 4.78. The summed E-state index contributed by atoms with van der Waals surface area (Å²) < 4.78 is 0. The van der Waals surface area contributed by atoms with Crippen molar-refractivity contribution in [3.05, 3.63) is 42.5 Å². The van der Waals surface area contributed by atoms with Crippen LogP contribution in [0.25, 0.3) is 10.8 Å². The van der Waals surface area contributed by atoms with Crippen LogP contribution < -0.4 is 5.32 Å². The van der Waals surface area contributed by atoms with Gasteiger partial charge in [0.1, 0.15) is 0 Å². The van der Waals surface area contributed by atoms with Crippen molar-refractivity contribution >= 4 is 22.4 Å². The first-order valence-electron chi connectivity index (χ1n) is 6.89. The van der Waals surface area contributed by atoms with Crippen molar-refractivity contribution in [3.8, 4) is 0 Å². The number of hydrogen-bond donors (Lipinski definition) is 1. The van der Waals surface area contributed by atoms with Crippen molar-refractivity contribution in [2.24, 2.45) is 10.8 Å². The average Bonchev–Trinajstić information content (AvgIpc) is 2.33. The van der Waals surface area contributed by atoms with Crippen molar-refractivity contribution in [1.82, 2.24) is 0 Å². The van der Waals surface area contributed by atoms with Crippen molar-refractivity contribution in [2.45, 2.75) is 26.2 Å². The molecule has 1 N–H and O–H groups in total. The molecule has 5 rings (SSSR count). The van der Waals surface area contributed by atoms with Crippen molar-refractivity contribution in [1.29, 1.82) is 0 Å². The Morgan fingerprint density at radius 2 is 1.74 bits per heavy atom. The summed E-state index contributed by atoms with van der Waals surface area (Å²) in [6.07, 6.45) is 3.21. The fraction of sp³-hybridized carbons (Fsp3) is 0.353. The highest BCUT2D eigenvalue weighted by molar-refractivity contribution is 5.99. The molecule has 2 aromatic carbocycles. The van der Waals surface area contributed by atoms with E-state index in [0.717, 1.165) is 24.9 Å². The number of fused-ring (bicyclic) bond motifs is 1. The van der Waals surface area contributed by atoms with Crippen LogP contribution in [0.4, 0.5) is 5.69 Å². The lowest BCUT2D eigenvalue weighted by Crippen LogP contribution is -2.65. The molecule has 3 aliphatic rings. The Balaban J connectivity index is 1.57. The maximum atomic E-state index is 12.3. The van der Waals surface area contributed by atoms with Crippen LogP contribution in [-0.2, 0) is 4.79 Å². The van der Waals surface area contributed by atoms with E-state index in [-0.39, 0.29) is 11.3 Å². The lowest BCUT2D eigenvalue weighted by atomic mass is 9.35. The molecular weight excluding hydrogens is 234 g/mol. The van der Waals surface area contributed by atoms with Gasteiger partial charge in [0, 0.05) is 5.69 Å². The normalized spacial score (nSPS) is 31.4. The molecule has 0 saturated heterocycles. The minimum Gasteiger partial charge on any atom is -0.326 e.